The molecule has 0 aliphatic carbocycles. The third-order valence-electron chi connectivity index (χ3n) is 4.95. The van der Waals surface area contributed by atoms with E-state index in [9.17, 15) is 4.79 Å². The van der Waals surface area contributed by atoms with Gasteiger partial charge in [-0.25, -0.2) is 4.98 Å². The van der Waals surface area contributed by atoms with E-state index >= 15 is 0 Å². The van der Waals surface area contributed by atoms with Crippen molar-refractivity contribution in [1.29, 1.82) is 0 Å². The molecule has 0 bridgehead atoms. The Morgan fingerprint density at radius 1 is 1.11 bits per heavy atom. The average Bonchev–Trinajstić information content (AvgIpc) is 3.00. The number of para-hydroxylation sites is 1. The Labute approximate surface area is 159 Å². The summed E-state index contributed by atoms with van der Waals surface area (Å²) < 4.78 is 7.72. The first-order chi connectivity index (χ1) is 13.1. The summed E-state index contributed by atoms with van der Waals surface area (Å²) in [5.41, 5.74) is 1.89. The predicted molar refractivity (Wildman–Crippen MR) is 106 cm³/mol. The molecule has 0 saturated heterocycles. The monoisotopic (exact) mass is 363 g/mol. The molecule has 4 rings (SSSR count). The van der Waals surface area contributed by atoms with Crippen molar-refractivity contribution in [2.24, 2.45) is 5.92 Å². The lowest BCUT2D eigenvalue weighted by Crippen LogP contribution is -2.31. The van der Waals surface area contributed by atoms with Crippen LogP contribution in [-0.4, -0.2) is 16.2 Å². The van der Waals surface area contributed by atoms with Gasteiger partial charge in [0.05, 0.1) is 30.2 Å². The minimum atomic E-state index is -0.197. The number of nitrogens with zero attached hydrogens (tertiary/aromatic N) is 2. The highest BCUT2D eigenvalue weighted by atomic mass is 16.5. The van der Waals surface area contributed by atoms with E-state index in [1.54, 1.807) is 4.57 Å². The lowest BCUT2D eigenvalue weighted by atomic mass is 10.0. The molecule has 5 heteroatoms. The second-order valence-corrected chi connectivity index (χ2v) is 7.53. The van der Waals surface area contributed by atoms with Crippen LogP contribution >= 0.6 is 0 Å². The zero-order chi connectivity index (χ0) is 18.8. The molecule has 1 N–H and O–H groups in total. The minimum absolute atomic E-state index is 0.00247. The lowest BCUT2D eigenvalue weighted by Gasteiger charge is -2.16. The van der Waals surface area contributed by atoms with Gasteiger partial charge in [0.2, 0.25) is 0 Å². The van der Waals surface area contributed by atoms with Crippen molar-refractivity contribution in [2.75, 3.05) is 6.61 Å². The van der Waals surface area contributed by atoms with Gasteiger partial charge >= 0.3 is 0 Å². The van der Waals surface area contributed by atoms with E-state index in [2.05, 4.69) is 19.2 Å². The number of hydrogen-bond acceptors (Lipinski definition) is 4. The highest BCUT2D eigenvalue weighted by Crippen LogP contribution is 2.29. The highest BCUT2D eigenvalue weighted by molar-refractivity contribution is 5.77. The van der Waals surface area contributed by atoms with Crippen molar-refractivity contribution >= 4 is 10.9 Å². The summed E-state index contributed by atoms with van der Waals surface area (Å²) in [4.78, 5) is 17.9. The summed E-state index contributed by atoms with van der Waals surface area (Å²) in [6.07, 6.45) is 0.733. The topological polar surface area (TPSA) is 56.1 Å². The first-order valence-corrected chi connectivity index (χ1v) is 9.52. The van der Waals surface area contributed by atoms with Gasteiger partial charge in [-0.15, -0.1) is 0 Å². The predicted octanol–water partition coefficient (Wildman–Crippen LogP) is 3.80. The smallest absolute Gasteiger partial charge is 0.262 e. The Balaban J connectivity index is 1.62. The molecule has 2 atom stereocenters. The van der Waals surface area contributed by atoms with Gasteiger partial charge in [-0.1, -0.05) is 56.3 Å². The molecule has 140 valence electrons. The van der Waals surface area contributed by atoms with Crippen molar-refractivity contribution in [3.63, 3.8) is 0 Å². The van der Waals surface area contributed by atoms with Gasteiger partial charge in [0, 0.05) is 0 Å². The number of benzene rings is 2. The van der Waals surface area contributed by atoms with Crippen LogP contribution in [0.1, 0.15) is 43.9 Å². The third-order valence-corrected chi connectivity index (χ3v) is 4.95. The highest BCUT2D eigenvalue weighted by Gasteiger charge is 2.33. The number of ether oxygens (including phenoxy) is 1. The average molecular weight is 363 g/mol. The molecule has 2 heterocycles. The maximum Gasteiger partial charge on any atom is 0.262 e. The van der Waals surface area contributed by atoms with Crippen molar-refractivity contribution in [2.45, 2.75) is 39.1 Å². The molecule has 0 fully saturated rings. The number of hydrogen-bond donors (Lipinski definition) is 1. The van der Waals surface area contributed by atoms with E-state index in [-0.39, 0.29) is 17.8 Å². The Morgan fingerprint density at radius 2 is 1.85 bits per heavy atom. The molecule has 1 aromatic heterocycles. The fourth-order valence-corrected chi connectivity index (χ4v) is 3.72. The van der Waals surface area contributed by atoms with Crippen molar-refractivity contribution in [1.82, 2.24) is 14.9 Å². The maximum absolute atomic E-state index is 13.1. The first kappa shape index (κ1) is 17.9. The first-order valence-electron chi connectivity index (χ1n) is 9.52. The molecule has 0 spiro atoms. The van der Waals surface area contributed by atoms with E-state index < -0.39 is 0 Å². The molecule has 5 nitrogen and oxygen atoms in total. The van der Waals surface area contributed by atoms with Crippen LogP contribution < -0.4 is 10.9 Å². The maximum atomic E-state index is 13.1. The van der Waals surface area contributed by atoms with E-state index in [1.165, 1.54) is 0 Å². The molecule has 0 amide bonds. The molecule has 0 radical (unpaired) electrons. The van der Waals surface area contributed by atoms with Crippen LogP contribution in [0.5, 0.6) is 0 Å². The number of rotatable bonds is 6. The SMILES string of the molecule is CC(C)C[C@@H]1NC(COCc2ccccc2)n2c1nc1ccccc1c2=O. The van der Waals surface area contributed by atoms with Gasteiger partial charge in [-0.05, 0) is 30.0 Å². The molecule has 3 aromatic rings. The fourth-order valence-electron chi connectivity index (χ4n) is 3.72. The molecule has 2 aromatic carbocycles. The Morgan fingerprint density at radius 3 is 2.63 bits per heavy atom. The fraction of sp³-hybridized carbons (Fsp3) is 0.364. The molecular weight excluding hydrogens is 338 g/mol. The zero-order valence-corrected chi connectivity index (χ0v) is 15.8. The van der Waals surface area contributed by atoms with Gasteiger partial charge in [0.1, 0.15) is 12.0 Å². The third kappa shape index (κ3) is 3.66. The van der Waals surface area contributed by atoms with Crippen LogP contribution in [0.25, 0.3) is 10.9 Å². The molecule has 1 aliphatic rings. The summed E-state index contributed by atoms with van der Waals surface area (Å²) in [5, 5.41) is 4.22. The molecule has 0 saturated carbocycles. The zero-order valence-electron chi connectivity index (χ0n) is 15.8. The van der Waals surface area contributed by atoms with Gasteiger partial charge in [-0.3, -0.25) is 14.7 Å². The van der Waals surface area contributed by atoms with Gasteiger partial charge in [0.15, 0.2) is 0 Å². The summed E-state index contributed by atoms with van der Waals surface area (Å²) >= 11 is 0. The van der Waals surface area contributed by atoms with E-state index in [0.29, 0.717) is 24.5 Å². The van der Waals surface area contributed by atoms with E-state index in [0.717, 1.165) is 23.3 Å². The van der Waals surface area contributed by atoms with Crippen LogP contribution in [-0.2, 0) is 11.3 Å². The van der Waals surface area contributed by atoms with Crippen molar-refractivity contribution in [3.8, 4) is 0 Å². The lowest BCUT2D eigenvalue weighted by molar-refractivity contribution is 0.0818. The normalized spacial score (nSPS) is 18.9. The molecule has 27 heavy (non-hydrogen) atoms. The Hall–Kier alpha value is -2.50. The summed E-state index contributed by atoms with van der Waals surface area (Å²) in [6, 6.07) is 17.7. The number of aromatic nitrogens is 2. The summed E-state index contributed by atoms with van der Waals surface area (Å²) in [6.45, 7) is 5.32. The largest absolute Gasteiger partial charge is 0.373 e. The van der Waals surface area contributed by atoms with Crippen LogP contribution in [0.15, 0.2) is 59.4 Å². The van der Waals surface area contributed by atoms with E-state index in [4.69, 9.17) is 9.72 Å². The number of fused-ring (bicyclic) bond motifs is 2. The Bertz CT molecular complexity index is 982. The molecule has 1 aliphatic heterocycles. The second kappa shape index (κ2) is 7.62. The minimum Gasteiger partial charge on any atom is -0.373 e. The quantitative estimate of drug-likeness (QED) is 0.724. The summed E-state index contributed by atoms with van der Waals surface area (Å²) in [5.74, 6) is 1.32. The van der Waals surface area contributed by atoms with Crippen molar-refractivity contribution < 1.29 is 4.74 Å². The van der Waals surface area contributed by atoms with Crippen LogP contribution in [0.3, 0.4) is 0 Å². The molecular formula is C22H25N3O2. The van der Waals surface area contributed by atoms with E-state index in [1.807, 2.05) is 54.6 Å². The van der Waals surface area contributed by atoms with Crippen LogP contribution in [0.2, 0.25) is 0 Å². The van der Waals surface area contributed by atoms with Crippen LogP contribution in [0.4, 0.5) is 0 Å². The van der Waals surface area contributed by atoms with Crippen molar-refractivity contribution in [3.05, 3.63) is 76.3 Å². The summed E-state index contributed by atoms with van der Waals surface area (Å²) in [7, 11) is 0. The van der Waals surface area contributed by atoms with Gasteiger partial charge in [-0.2, -0.15) is 0 Å². The second-order valence-electron chi connectivity index (χ2n) is 7.53. The molecule has 1 unspecified atom stereocenters. The van der Waals surface area contributed by atoms with Crippen LogP contribution in [0, 0.1) is 5.92 Å². The number of nitrogens with one attached hydrogen (secondary N) is 1. The van der Waals surface area contributed by atoms with Gasteiger partial charge in [0.25, 0.3) is 5.56 Å². The van der Waals surface area contributed by atoms with Gasteiger partial charge < -0.3 is 4.74 Å². The Kier molecular flexibility index (Phi) is 5.05. The standard InChI is InChI=1S/C22H25N3O2/c1-15(2)12-19-21-24-18-11-7-6-10-17(18)22(26)25(21)20(23-19)14-27-13-16-8-4-3-5-9-16/h3-11,15,19-20,23H,12-14H2,1-2H3/t19-,20?/m0/s1.